The minimum atomic E-state index is -0.615. The van der Waals surface area contributed by atoms with Crippen molar-refractivity contribution in [3.8, 4) is 5.69 Å². The molecule has 2 heterocycles. The first-order chi connectivity index (χ1) is 21.3. The number of nitrogens with zero attached hydrogens (tertiary/aromatic N) is 4. The highest BCUT2D eigenvalue weighted by Gasteiger charge is 2.51. The predicted molar refractivity (Wildman–Crippen MR) is 180 cm³/mol. The standard InChI is InChI=1S/C37H54N4O4/c1-24(9-7-19-36(2,3)45)31-17-18-32-25(10-8-20-37(31,32)4)21-33-30-22-29(42)16-11-26(30)23-39-34(43)40(35(44)41(33)39)28-14-12-27(13-15-28)38(5)6/h12-15,21,24,29,31-33,42,45H,7-11,16-20,22-23H2,1-6H3/b25-21+/t24-,29+,31-,32?,33?,37-/m1/s1. The first kappa shape index (κ1) is 32.1. The summed E-state index contributed by atoms with van der Waals surface area (Å²) in [5.74, 6) is 1.70. The first-order valence-corrected chi connectivity index (χ1v) is 17.3. The summed E-state index contributed by atoms with van der Waals surface area (Å²) in [6, 6.07) is 7.22. The van der Waals surface area contributed by atoms with Gasteiger partial charge in [-0.05, 0) is 130 Å². The van der Waals surface area contributed by atoms with Crippen LogP contribution in [0.3, 0.4) is 0 Å². The highest BCUT2D eigenvalue weighted by Crippen LogP contribution is 2.60. The molecule has 3 aliphatic carbocycles. The van der Waals surface area contributed by atoms with Crippen LogP contribution in [0.25, 0.3) is 5.69 Å². The van der Waals surface area contributed by atoms with Crippen LogP contribution in [-0.4, -0.2) is 49.9 Å². The van der Waals surface area contributed by atoms with Gasteiger partial charge in [-0.3, -0.25) is 0 Å². The second kappa shape index (κ2) is 12.1. The Hall–Kier alpha value is -2.84. The van der Waals surface area contributed by atoms with E-state index in [1.54, 1.807) is 9.36 Å². The summed E-state index contributed by atoms with van der Waals surface area (Å²) in [5.41, 5.74) is 4.34. The molecule has 2 N–H and O–H groups in total. The van der Waals surface area contributed by atoms with Crippen molar-refractivity contribution in [1.29, 1.82) is 0 Å². The monoisotopic (exact) mass is 618 g/mol. The zero-order valence-corrected chi connectivity index (χ0v) is 28.3. The normalized spacial score (nSPS) is 29.8. The van der Waals surface area contributed by atoms with Gasteiger partial charge >= 0.3 is 11.4 Å². The number of fused-ring (bicyclic) bond motifs is 2. The Morgan fingerprint density at radius 3 is 2.51 bits per heavy atom. The molecule has 1 aliphatic heterocycles. The van der Waals surface area contributed by atoms with Gasteiger partial charge in [-0.1, -0.05) is 38.3 Å². The lowest BCUT2D eigenvalue weighted by Crippen LogP contribution is -2.39. The molecule has 6 rings (SSSR count). The molecule has 8 heteroatoms. The molecule has 0 bridgehead atoms. The van der Waals surface area contributed by atoms with Crippen LogP contribution in [0.5, 0.6) is 0 Å². The van der Waals surface area contributed by atoms with E-state index in [1.807, 2.05) is 57.1 Å². The Morgan fingerprint density at radius 1 is 1.09 bits per heavy atom. The second-order valence-corrected chi connectivity index (χ2v) is 15.7. The van der Waals surface area contributed by atoms with Crippen LogP contribution in [0.4, 0.5) is 5.69 Å². The number of rotatable bonds is 8. The Bertz CT molecular complexity index is 1580. The fraction of sp³-hybridized carbons (Fsp3) is 0.676. The molecule has 1 aromatic carbocycles. The molecule has 0 amide bonds. The topological polar surface area (TPSA) is 92.6 Å². The molecule has 6 atom stereocenters. The van der Waals surface area contributed by atoms with E-state index in [0.717, 1.165) is 56.2 Å². The Labute approximate surface area is 268 Å². The average Bonchev–Trinajstić information content (AvgIpc) is 3.46. The fourth-order valence-corrected chi connectivity index (χ4v) is 9.52. The Morgan fingerprint density at radius 2 is 1.82 bits per heavy atom. The number of aromatic nitrogens is 3. The highest BCUT2D eigenvalue weighted by molar-refractivity contribution is 5.49. The maximum absolute atomic E-state index is 14.2. The van der Waals surface area contributed by atoms with E-state index in [-0.39, 0.29) is 22.8 Å². The fourth-order valence-electron chi connectivity index (χ4n) is 9.52. The van der Waals surface area contributed by atoms with Gasteiger partial charge in [-0.15, -0.1) is 0 Å². The summed E-state index contributed by atoms with van der Waals surface area (Å²) >= 11 is 0. The van der Waals surface area contributed by atoms with Gasteiger partial charge in [0.15, 0.2) is 0 Å². The molecule has 246 valence electrons. The minimum Gasteiger partial charge on any atom is -0.393 e. The Balaban J connectivity index is 1.37. The van der Waals surface area contributed by atoms with E-state index in [0.29, 0.717) is 42.8 Å². The van der Waals surface area contributed by atoms with Crippen LogP contribution < -0.4 is 16.3 Å². The summed E-state index contributed by atoms with van der Waals surface area (Å²) < 4.78 is 4.68. The van der Waals surface area contributed by atoms with Gasteiger partial charge in [0.05, 0.1) is 30.0 Å². The molecule has 2 saturated carbocycles. The summed E-state index contributed by atoms with van der Waals surface area (Å²) in [6.45, 7) is 9.12. The molecule has 2 aromatic rings. The third kappa shape index (κ3) is 5.93. The van der Waals surface area contributed by atoms with Crippen molar-refractivity contribution in [2.75, 3.05) is 19.0 Å². The number of hydrogen-bond donors (Lipinski definition) is 2. The van der Waals surface area contributed by atoms with Crippen LogP contribution >= 0.6 is 0 Å². The lowest BCUT2D eigenvalue weighted by atomic mass is 9.60. The lowest BCUT2D eigenvalue weighted by Gasteiger charge is -2.45. The van der Waals surface area contributed by atoms with Crippen LogP contribution in [0.2, 0.25) is 0 Å². The van der Waals surface area contributed by atoms with Gasteiger partial charge in [0, 0.05) is 19.8 Å². The van der Waals surface area contributed by atoms with Crippen molar-refractivity contribution in [2.45, 2.75) is 123 Å². The van der Waals surface area contributed by atoms with E-state index in [4.69, 9.17) is 0 Å². The second-order valence-electron chi connectivity index (χ2n) is 15.7. The number of benzene rings is 1. The van der Waals surface area contributed by atoms with Crippen LogP contribution in [-0.2, 0) is 6.54 Å². The number of aliphatic hydroxyl groups is 2. The lowest BCUT2D eigenvalue weighted by molar-refractivity contribution is 0.0596. The molecule has 2 fully saturated rings. The molecule has 0 spiro atoms. The smallest absolute Gasteiger partial charge is 0.352 e. The van der Waals surface area contributed by atoms with Gasteiger partial charge in [-0.2, -0.15) is 0 Å². The Kier molecular flexibility index (Phi) is 8.61. The van der Waals surface area contributed by atoms with Gasteiger partial charge in [0.1, 0.15) is 0 Å². The minimum absolute atomic E-state index is 0.209. The molecule has 0 saturated heterocycles. The number of hydrogen-bond acceptors (Lipinski definition) is 5. The summed E-state index contributed by atoms with van der Waals surface area (Å²) in [5, 5.41) is 21.0. The maximum Gasteiger partial charge on any atom is 0.352 e. The highest BCUT2D eigenvalue weighted by atomic mass is 16.3. The van der Waals surface area contributed by atoms with E-state index >= 15 is 0 Å². The summed E-state index contributed by atoms with van der Waals surface area (Å²) in [7, 11) is 3.94. The van der Waals surface area contributed by atoms with Crippen molar-refractivity contribution in [3.63, 3.8) is 0 Å². The van der Waals surface area contributed by atoms with E-state index in [9.17, 15) is 19.8 Å². The van der Waals surface area contributed by atoms with Crippen molar-refractivity contribution < 1.29 is 10.2 Å². The van der Waals surface area contributed by atoms with Crippen LogP contribution in [0.15, 0.2) is 56.6 Å². The SMILES string of the molecule is C[C@H](CCCC(C)(C)O)[C@H]1CCC2/C(=C/C3C4=C(CC[C@H](O)C4)Cn4c(=O)n(-c5ccc(N(C)C)cc5)c(=O)n43)CCC[C@@]21C. The largest absolute Gasteiger partial charge is 0.393 e. The van der Waals surface area contributed by atoms with Gasteiger partial charge in [0.2, 0.25) is 0 Å². The maximum atomic E-state index is 14.2. The van der Waals surface area contributed by atoms with Crippen LogP contribution in [0, 0.1) is 23.2 Å². The van der Waals surface area contributed by atoms with Crippen molar-refractivity contribution in [2.24, 2.45) is 23.2 Å². The van der Waals surface area contributed by atoms with E-state index in [2.05, 4.69) is 19.9 Å². The van der Waals surface area contributed by atoms with Crippen LogP contribution in [0.1, 0.15) is 104 Å². The molecule has 0 radical (unpaired) electrons. The molecule has 4 aliphatic rings. The van der Waals surface area contributed by atoms with E-state index < -0.39 is 11.7 Å². The van der Waals surface area contributed by atoms with Gasteiger partial charge in [-0.25, -0.2) is 23.5 Å². The van der Waals surface area contributed by atoms with Crippen molar-refractivity contribution in [3.05, 3.63) is 68.0 Å². The molecule has 45 heavy (non-hydrogen) atoms. The van der Waals surface area contributed by atoms with Gasteiger partial charge < -0.3 is 15.1 Å². The number of allylic oxidation sites excluding steroid dienone is 3. The molecule has 1 aromatic heterocycles. The molecular formula is C37H54N4O4. The summed E-state index contributed by atoms with van der Waals surface area (Å²) in [6.07, 6.45) is 12.7. The zero-order valence-electron chi connectivity index (χ0n) is 28.3. The molecule has 2 unspecified atom stereocenters. The molecular weight excluding hydrogens is 564 g/mol. The van der Waals surface area contributed by atoms with Crippen molar-refractivity contribution in [1.82, 2.24) is 13.9 Å². The number of aliphatic hydroxyl groups excluding tert-OH is 1. The third-order valence-electron chi connectivity index (χ3n) is 11.9. The summed E-state index contributed by atoms with van der Waals surface area (Å²) in [4.78, 5) is 30.1. The van der Waals surface area contributed by atoms with Crippen molar-refractivity contribution >= 4 is 5.69 Å². The van der Waals surface area contributed by atoms with E-state index in [1.165, 1.54) is 28.6 Å². The quantitative estimate of drug-likeness (QED) is 0.355. The van der Waals surface area contributed by atoms with Gasteiger partial charge in [0.25, 0.3) is 0 Å². The zero-order chi connectivity index (χ0) is 32.3. The first-order valence-electron chi connectivity index (χ1n) is 17.3. The predicted octanol–water partition coefficient (Wildman–Crippen LogP) is 5.98. The third-order valence-corrected chi connectivity index (χ3v) is 11.9. The number of anilines is 1. The average molecular weight is 619 g/mol. The molecule has 8 nitrogen and oxygen atoms in total.